The van der Waals surface area contributed by atoms with Crippen molar-refractivity contribution in [2.45, 2.75) is 13.0 Å². The van der Waals surface area contributed by atoms with E-state index in [0.29, 0.717) is 27.1 Å². The molecule has 1 heterocycles. The van der Waals surface area contributed by atoms with Crippen molar-refractivity contribution >= 4 is 29.1 Å². The molecule has 1 aliphatic heterocycles. The molecule has 4 nitrogen and oxygen atoms in total. The minimum absolute atomic E-state index is 0.112. The molecule has 6 heteroatoms. The van der Waals surface area contributed by atoms with Crippen molar-refractivity contribution in [3.63, 3.8) is 0 Å². The van der Waals surface area contributed by atoms with E-state index in [9.17, 15) is 4.79 Å². The molecular formula is C16H13Cl2NO3. The van der Waals surface area contributed by atoms with Crippen LogP contribution in [-0.4, -0.2) is 12.7 Å². The molecule has 2 aromatic carbocycles. The molecule has 1 amide bonds. The van der Waals surface area contributed by atoms with Gasteiger partial charge in [0, 0.05) is 10.6 Å². The van der Waals surface area contributed by atoms with Crippen LogP contribution in [0.4, 0.5) is 0 Å². The average molecular weight is 338 g/mol. The van der Waals surface area contributed by atoms with Gasteiger partial charge in [-0.25, -0.2) is 0 Å². The molecule has 0 saturated heterocycles. The van der Waals surface area contributed by atoms with Crippen molar-refractivity contribution in [1.29, 1.82) is 0 Å². The van der Waals surface area contributed by atoms with Gasteiger partial charge in [0.1, 0.15) is 0 Å². The number of fused-ring (bicyclic) bond motifs is 1. The van der Waals surface area contributed by atoms with Gasteiger partial charge >= 0.3 is 0 Å². The fourth-order valence-corrected chi connectivity index (χ4v) is 2.60. The predicted molar refractivity (Wildman–Crippen MR) is 84.9 cm³/mol. The molecule has 1 atom stereocenters. The van der Waals surface area contributed by atoms with Crippen LogP contribution >= 0.6 is 23.2 Å². The van der Waals surface area contributed by atoms with Gasteiger partial charge in [0.2, 0.25) is 6.79 Å². The number of rotatable bonds is 3. The van der Waals surface area contributed by atoms with Crippen LogP contribution in [0.1, 0.15) is 28.9 Å². The first-order valence-corrected chi connectivity index (χ1v) is 7.45. The van der Waals surface area contributed by atoms with Gasteiger partial charge in [0.25, 0.3) is 5.91 Å². The first kappa shape index (κ1) is 15.0. The van der Waals surface area contributed by atoms with Crippen molar-refractivity contribution in [3.05, 3.63) is 57.6 Å². The zero-order valence-corrected chi connectivity index (χ0v) is 13.2. The Morgan fingerprint density at radius 1 is 1.18 bits per heavy atom. The van der Waals surface area contributed by atoms with E-state index in [0.717, 1.165) is 5.56 Å². The van der Waals surface area contributed by atoms with E-state index < -0.39 is 0 Å². The lowest BCUT2D eigenvalue weighted by atomic mass is 10.1. The molecule has 1 N–H and O–H groups in total. The monoisotopic (exact) mass is 337 g/mol. The molecule has 0 saturated carbocycles. The van der Waals surface area contributed by atoms with E-state index in [2.05, 4.69) is 5.32 Å². The third kappa shape index (κ3) is 2.98. The number of carbonyl (C=O) groups excluding carboxylic acids is 1. The van der Waals surface area contributed by atoms with Crippen molar-refractivity contribution in [2.75, 3.05) is 6.79 Å². The topological polar surface area (TPSA) is 47.6 Å². The van der Waals surface area contributed by atoms with Crippen LogP contribution in [0, 0.1) is 0 Å². The lowest BCUT2D eigenvalue weighted by molar-refractivity contribution is 0.0939. The molecule has 0 spiro atoms. The number of hydrogen-bond acceptors (Lipinski definition) is 3. The molecule has 0 aromatic heterocycles. The number of halogens is 2. The fourth-order valence-electron chi connectivity index (χ4n) is 2.21. The Kier molecular flexibility index (Phi) is 4.14. The maximum Gasteiger partial charge on any atom is 0.251 e. The minimum Gasteiger partial charge on any atom is -0.454 e. The minimum atomic E-state index is -0.234. The first-order chi connectivity index (χ1) is 10.5. The first-order valence-electron chi connectivity index (χ1n) is 6.70. The van der Waals surface area contributed by atoms with Gasteiger partial charge in [-0.2, -0.15) is 0 Å². The summed E-state index contributed by atoms with van der Waals surface area (Å²) in [5, 5.41) is 3.93. The second-order valence-corrected chi connectivity index (χ2v) is 5.78. The highest BCUT2D eigenvalue weighted by molar-refractivity contribution is 6.32. The zero-order chi connectivity index (χ0) is 15.7. The molecule has 22 heavy (non-hydrogen) atoms. The number of hydrogen-bond donors (Lipinski definition) is 1. The Hall–Kier alpha value is -1.91. The molecular weight excluding hydrogens is 325 g/mol. The smallest absolute Gasteiger partial charge is 0.251 e. The Morgan fingerprint density at radius 3 is 2.64 bits per heavy atom. The van der Waals surface area contributed by atoms with Crippen LogP contribution in [0.2, 0.25) is 10.0 Å². The summed E-state index contributed by atoms with van der Waals surface area (Å²) in [4.78, 5) is 12.4. The van der Waals surface area contributed by atoms with Gasteiger partial charge in [-0.15, -0.1) is 0 Å². The molecule has 0 bridgehead atoms. The third-order valence-electron chi connectivity index (χ3n) is 3.41. The maximum absolute atomic E-state index is 12.4. The Balaban J connectivity index is 1.77. The average Bonchev–Trinajstić information content (AvgIpc) is 2.96. The predicted octanol–water partition coefficient (Wildman–Crippen LogP) is 4.21. The van der Waals surface area contributed by atoms with E-state index in [1.54, 1.807) is 24.3 Å². The molecule has 3 rings (SSSR count). The van der Waals surface area contributed by atoms with E-state index in [1.165, 1.54) is 0 Å². The van der Waals surface area contributed by atoms with Crippen LogP contribution in [-0.2, 0) is 0 Å². The lowest BCUT2D eigenvalue weighted by Gasteiger charge is -2.15. The second-order valence-electron chi connectivity index (χ2n) is 4.94. The summed E-state index contributed by atoms with van der Waals surface area (Å²) in [5.41, 5.74) is 1.39. The number of ether oxygens (including phenoxy) is 2. The molecule has 1 unspecified atom stereocenters. The lowest BCUT2D eigenvalue weighted by Crippen LogP contribution is -2.26. The summed E-state index contributed by atoms with van der Waals surface area (Å²) >= 11 is 12.0. The SMILES string of the molecule is CC(NC(=O)c1cc(Cl)c2c(c1)OCO2)c1ccc(Cl)cc1. The van der Waals surface area contributed by atoms with Gasteiger partial charge in [-0.3, -0.25) is 4.79 Å². The van der Waals surface area contributed by atoms with Crippen molar-refractivity contribution in [2.24, 2.45) is 0 Å². The molecule has 2 aromatic rings. The summed E-state index contributed by atoms with van der Waals surface area (Å²) < 4.78 is 10.5. The van der Waals surface area contributed by atoms with Gasteiger partial charge in [-0.1, -0.05) is 35.3 Å². The summed E-state index contributed by atoms with van der Waals surface area (Å²) in [6, 6.07) is 10.4. The highest BCUT2D eigenvalue weighted by Crippen LogP contribution is 2.39. The van der Waals surface area contributed by atoms with Gasteiger partial charge < -0.3 is 14.8 Å². The number of nitrogens with one attached hydrogen (secondary N) is 1. The molecule has 0 aliphatic carbocycles. The second kappa shape index (κ2) is 6.07. The zero-order valence-electron chi connectivity index (χ0n) is 11.7. The van der Waals surface area contributed by atoms with Crippen LogP contribution in [0.5, 0.6) is 11.5 Å². The Morgan fingerprint density at radius 2 is 1.91 bits per heavy atom. The standard InChI is InChI=1S/C16H13Cl2NO3/c1-9(10-2-4-12(17)5-3-10)19-16(20)11-6-13(18)15-14(7-11)21-8-22-15/h2-7,9H,8H2,1H3,(H,19,20). The fraction of sp³-hybridized carbons (Fsp3) is 0.188. The third-order valence-corrected chi connectivity index (χ3v) is 3.94. The van der Waals surface area contributed by atoms with E-state index >= 15 is 0 Å². The van der Waals surface area contributed by atoms with Crippen molar-refractivity contribution in [1.82, 2.24) is 5.32 Å². The number of benzene rings is 2. The molecule has 1 aliphatic rings. The summed E-state index contributed by atoms with van der Waals surface area (Å²) in [7, 11) is 0. The van der Waals surface area contributed by atoms with Gasteiger partial charge in [0.15, 0.2) is 11.5 Å². The molecule has 0 fully saturated rings. The maximum atomic E-state index is 12.4. The number of carbonyl (C=O) groups is 1. The van der Waals surface area contributed by atoms with Crippen LogP contribution in [0.15, 0.2) is 36.4 Å². The number of amides is 1. The Labute approximate surface area is 137 Å². The van der Waals surface area contributed by atoms with Gasteiger partial charge in [-0.05, 0) is 36.8 Å². The molecule has 0 radical (unpaired) electrons. The van der Waals surface area contributed by atoms with Crippen LogP contribution in [0.25, 0.3) is 0 Å². The van der Waals surface area contributed by atoms with E-state index in [-0.39, 0.29) is 18.7 Å². The van der Waals surface area contributed by atoms with E-state index in [4.69, 9.17) is 32.7 Å². The van der Waals surface area contributed by atoms with Gasteiger partial charge in [0.05, 0.1) is 11.1 Å². The summed E-state index contributed by atoms with van der Waals surface area (Å²) in [6.07, 6.45) is 0. The summed E-state index contributed by atoms with van der Waals surface area (Å²) in [5.74, 6) is 0.725. The van der Waals surface area contributed by atoms with Crippen molar-refractivity contribution in [3.8, 4) is 11.5 Å². The largest absolute Gasteiger partial charge is 0.454 e. The highest BCUT2D eigenvalue weighted by atomic mass is 35.5. The normalized spacial score (nSPS) is 13.8. The summed E-state index contributed by atoms with van der Waals surface area (Å²) in [6.45, 7) is 2.01. The van der Waals surface area contributed by atoms with Crippen LogP contribution < -0.4 is 14.8 Å². The van der Waals surface area contributed by atoms with Crippen molar-refractivity contribution < 1.29 is 14.3 Å². The molecule has 114 valence electrons. The Bertz CT molecular complexity index is 716. The van der Waals surface area contributed by atoms with Crippen LogP contribution in [0.3, 0.4) is 0 Å². The quantitative estimate of drug-likeness (QED) is 0.912. The van der Waals surface area contributed by atoms with E-state index in [1.807, 2.05) is 19.1 Å². The highest BCUT2D eigenvalue weighted by Gasteiger charge is 2.21.